The molecule has 0 aromatic heterocycles. The Labute approximate surface area is 332 Å². The number of rotatable bonds is 10. The Bertz CT molecular complexity index is 2120. The van der Waals surface area contributed by atoms with Crippen LogP contribution in [0.4, 0.5) is 0 Å². The number of ketones is 3. The normalized spacial score (nSPS) is 31.9. The third kappa shape index (κ3) is 7.14. The molecule has 0 bridgehead atoms. The lowest BCUT2D eigenvalue weighted by atomic mass is 9.72. The van der Waals surface area contributed by atoms with Gasteiger partial charge in [-0.05, 0) is 44.0 Å². The zero-order valence-electron chi connectivity index (χ0n) is 32.1. The van der Waals surface area contributed by atoms with E-state index in [1.165, 1.54) is 32.2 Å². The number of hydrogen-bond acceptors (Lipinski definition) is 17. The van der Waals surface area contributed by atoms with E-state index in [1.54, 1.807) is 32.0 Å². The van der Waals surface area contributed by atoms with Gasteiger partial charge in [0.1, 0.15) is 53.0 Å². The maximum Gasteiger partial charge on any atom is 0.229 e. The minimum atomic E-state index is -2.09. The Morgan fingerprint density at radius 1 is 0.931 bits per heavy atom. The van der Waals surface area contributed by atoms with E-state index < -0.39 is 126 Å². The summed E-state index contributed by atoms with van der Waals surface area (Å²) in [6.07, 6.45) is -12.3. The minimum absolute atomic E-state index is 0.0345. The third-order valence-corrected chi connectivity index (χ3v) is 11.7. The second-order valence-electron chi connectivity index (χ2n) is 15.4. The molecule has 17 nitrogen and oxygen atoms in total. The summed E-state index contributed by atoms with van der Waals surface area (Å²) in [5.74, 6) is -3.12. The molecule has 0 spiro atoms. The van der Waals surface area contributed by atoms with Crippen LogP contribution in [-0.2, 0) is 32.0 Å². The number of benzene rings is 3. The largest absolute Gasteiger partial charge is 0.507 e. The summed E-state index contributed by atoms with van der Waals surface area (Å²) >= 11 is 0. The van der Waals surface area contributed by atoms with Crippen LogP contribution in [0.25, 0.3) is 0 Å². The summed E-state index contributed by atoms with van der Waals surface area (Å²) in [5, 5.41) is 89.5. The molecule has 4 aliphatic rings. The number of carbonyl (C=O) groups is 3. The number of carbonyl (C=O) groups excluding carboxylic acids is 3. The second-order valence-corrected chi connectivity index (χ2v) is 15.4. The van der Waals surface area contributed by atoms with Gasteiger partial charge < -0.3 is 69.9 Å². The summed E-state index contributed by atoms with van der Waals surface area (Å²) in [7, 11) is 1.33. The van der Waals surface area contributed by atoms with E-state index in [0.29, 0.717) is 11.3 Å². The highest BCUT2D eigenvalue weighted by molar-refractivity contribution is 6.31. The molecular formula is C41H47NO16. The van der Waals surface area contributed by atoms with Crippen molar-refractivity contribution in [3.63, 3.8) is 0 Å². The quantitative estimate of drug-likeness (QED) is 0.0978. The smallest absolute Gasteiger partial charge is 0.229 e. The van der Waals surface area contributed by atoms with Crippen LogP contribution in [0.2, 0.25) is 0 Å². The fourth-order valence-electron chi connectivity index (χ4n) is 8.32. The van der Waals surface area contributed by atoms with Crippen LogP contribution in [-0.4, -0.2) is 133 Å². The van der Waals surface area contributed by atoms with Crippen LogP contribution in [0.3, 0.4) is 0 Å². The number of phenols is 2. The van der Waals surface area contributed by atoms with Gasteiger partial charge in [-0.25, -0.2) is 0 Å². The Hall–Kier alpha value is -4.53. The maximum atomic E-state index is 14.0. The van der Waals surface area contributed by atoms with Crippen molar-refractivity contribution in [1.82, 2.24) is 5.32 Å². The molecule has 2 saturated heterocycles. The fraction of sp³-hybridized carbons (Fsp3) is 0.488. The SMILES string of the molecule is COc1cccc2c1C(=O)c1c(O)c3c(c(O)c1C2=O)C[C@@](O)(C(C)=O)C[C@@H]3O[C@H]1C[C@H](NCc2ccc(O[C@@H]3OC(CO)[C@H](O)C(O)C3O)c(C)c2)[C@@H](O)C(C)O1. The number of phenolic OH excluding ortho intramolecular Hbond substituents is 2. The predicted octanol–water partition coefficient (Wildman–Crippen LogP) is 0.347. The number of Topliss-reactive ketones (excluding diaryl/α,β-unsaturated/α-hetero) is 1. The van der Waals surface area contributed by atoms with E-state index in [9.17, 15) is 55.2 Å². The maximum absolute atomic E-state index is 14.0. The molecule has 0 amide bonds. The van der Waals surface area contributed by atoms with Gasteiger partial charge in [0.05, 0.1) is 48.7 Å². The molecule has 7 rings (SSSR count). The van der Waals surface area contributed by atoms with Crippen LogP contribution in [0.15, 0.2) is 36.4 Å². The van der Waals surface area contributed by atoms with Gasteiger partial charge in [-0.2, -0.15) is 0 Å². The van der Waals surface area contributed by atoms with Gasteiger partial charge in [0.2, 0.25) is 12.1 Å². The molecule has 2 aliphatic carbocycles. The Balaban J connectivity index is 1.12. The lowest BCUT2D eigenvalue weighted by molar-refractivity contribution is -0.277. The number of aliphatic hydroxyl groups is 6. The molecular weight excluding hydrogens is 762 g/mol. The molecule has 312 valence electrons. The number of nitrogens with one attached hydrogen (secondary N) is 1. The standard InChI is InChI=1S/C41H47NO16/c1-16-10-19(8-9-23(16)57-40-39(52)38(51)35(48)26(15-43)58-40)14-42-22-11-27(55-17(2)32(22)45)56-25-13-41(53,18(3)44)12-21-29(25)37(50)31-30(34(21)47)33(46)20-6-5-7-24(54-4)28(20)36(31)49/h5-10,17,22,25-27,32,35,38-40,42-43,45,47-48,50-53H,11-15H2,1-4H3/t17?,22-,25-,26?,27-,32-,35-,38?,39?,40+,41-/m0/s1. The van der Waals surface area contributed by atoms with E-state index in [0.717, 1.165) is 5.56 Å². The van der Waals surface area contributed by atoms with E-state index in [2.05, 4.69) is 5.32 Å². The Morgan fingerprint density at radius 3 is 2.33 bits per heavy atom. The highest BCUT2D eigenvalue weighted by atomic mass is 16.7. The first-order valence-corrected chi connectivity index (χ1v) is 18.9. The third-order valence-electron chi connectivity index (χ3n) is 11.7. The number of aliphatic hydroxyl groups excluding tert-OH is 5. The lowest BCUT2D eigenvalue weighted by Gasteiger charge is -2.43. The molecule has 17 heteroatoms. The van der Waals surface area contributed by atoms with Crippen LogP contribution < -0.4 is 14.8 Å². The summed E-state index contributed by atoms with van der Waals surface area (Å²) < 4.78 is 29.0. The van der Waals surface area contributed by atoms with E-state index in [4.69, 9.17) is 23.7 Å². The molecule has 11 atom stereocenters. The minimum Gasteiger partial charge on any atom is -0.507 e. The first-order chi connectivity index (χ1) is 27.5. The van der Waals surface area contributed by atoms with Crippen LogP contribution >= 0.6 is 0 Å². The van der Waals surface area contributed by atoms with Crippen molar-refractivity contribution in [3.8, 4) is 23.0 Å². The van der Waals surface area contributed by atoms with Crippen LogP contribution in [0.1, 0.15) is 86.9 Å². The van der Waals surface area contributed by atoms with Crippen molar-refractivity contribution in [2.45, 2.75) is 114 Å². The predicted molar refractivity (Wildman–Crippen MR) is 199 cm³/mol. The van der Waals surface area contributed by atoms with Crippen molar-refractivity contribution in [2.24, 2.45) is 0 Å². The molecule has 0 radical (unpaired) electrons. The van der Waals surface area contributed by atoms with Gasteiger partial charge in [0.15, 0.2) is 17.9 Å². The van der Waals surface area contributed by atoms with Crippen LogP contribution in [0.5, 0.6) is 23.0 Å². The average molecular weight is 810 g/mol. The fourth-order valence-corrected chi connectivity index (χ4v) is 8.32. The Kier molecular flexibility index (Phi) is 11.4. The van der Waals surface area contributed by atoms with E-state index >= 15 is 0 Å². The van der Waals surface area contributed by atoms with E-state index in [-0.39, 0.29) is 41.0 Å². The number of aryl methyl sites for hydroxylation is 1. The number of methoxy groups -OCH3 is 1. The molecule has 4 unspecified atom stereocenters. The lowest BCUT2D eigenvalue weighted by Crippen LogP contribution is -2.60. The molecule has 2 aliphatic heterocycles. The number of ether oxygens (including phenoxy) is 5. The molecule has 0 saturated carbocycles. The number of fused-ring (bicyclic) bond motifs is 3. The highest BCUT2D eigenvalue weighted by Gasteiger charge is 2.50. The van der Waals surface area contributed by atoms with Crippen molar-refractivity contribution in [1.29, 1.82) is 0 Å². The second kappa shape index (κ2) is 15.9. The van der Waals surface area contributed by atoms with Gasteiger partial charge in [-0.15, -0.1) is 0 Å². The zero-order chi connectivity index (χ0) is 42.0. The number of aromatic hydroxyl groups is 2. The summed E-state index contributed by atoms with van der Waals surface area (Å²) in [6, 6.07) is 8.88. The van der Waals surface area contributed by atoms with Crippen molar-refractivity contribution < 1.29 is 78.9 Å². The molecule has 2 heterocycles. The van der Waals surface area contributed by atoms with Gasteiger partial charge in [0.25, 0.3) is 0 Å². The average Bonchev–Trinajstić information content (AvgIpc) is 3.19. The van der Waals surface area contributed by atoms with Crippen molar-refractivity contribution in [3.05, 3.63) is 80.9 Å². The number of hydrogen-bond donors (Lipinski definition) is 9. The summed E-state index contributed by atoms with van der Waals surface area (Å²) in [5.41, 5.74) is -2.00. The Morgan fingerprint density at radius 2 is 1.66 bits per heavy atom. The first-order valence-electron chi connectivity index (χ1n) is 18.9. The van der Waals surface area contributed by atoms with Crippen molar-refractivity contribution >= 4 is 17.3 Å². The highest BCUT2D eigenvalue weighted by Crippen LogP contribution is 2.52. The molecule has 58 heavy (non-hydrogen) atoms. The van der Waals surface area contributed by atoms with Crippen LogP contribution in [0, 0.1) is 6.92 Å². The molecule has 9 N–H and O–H groups in total. The first kappa shape index (κ1) is 41.6. The summed E-state index contributed by atoms with van der Waals surface area (Å²) in [4.78, 5) is 40.6. The monoisotopic (exact) mass is 809 g/mol. The van der Waals surface area contributed by atoms with Gasteiger partial charge >= 0.3 is 0 Å². The van der Waals surface area contributed by atoms with Gasteiger partial charge in [-0.1, -0.05) is 24.3 Å². The van der Waals surface area contributed by atoms with Gasteiger partial charge in [-0.3, -0.25) is 14.4 Å². The molecule has 2 fully saturated rings. The topological polar surface area (TPSA) is 271 Å². The van der Waals surface area contributed by atoms with E-state index in [1.807, 2.05) is 0 Å². The molecule has 3 aromatic rings. The van der Waals surface area contributed by atoms with Gasteiger partial charge in [0, 0.05) is 48.5 Å². The zero-order valence-corrected chi connectivity index (χ0v) is 32.1. The van der Waals surface area contributed by atoms with Crippen molar-refractivity contribution in [2.75, 3.05) is 13.7 Å². The summed E-state index contributed by atoms with van der Waals surface area (Å²) in [6.45, 7) is 4.17. The molecule has 3 aromatic carbocycles.